The number of hydrogen-bond donors (Lipinski definition) is 0. The molecule has 0 aliphatic carbocycles. The maximum absolute atomic E-state index is 14.1. The monoisotopic (exact) mass is 504 g/mol. The number of hydrogen-bond acceptors (Lipinski definition) is 5. The number of aromatic nitrogens is 3. The lowest BCUT2D eigenvalue weighted by molar-refractivity contribution is -0.117. The highest BCUT2D eigenvalue weighted by Crippen LogP contribution is 2.40. The Hall–Kier alpha value is -3.72. The molecule has 0 saturated carbocycles. The van der Waals surface area contributed by atoms with E-state index in [0.717, 1.165) is 51.1 Å². The van der Waals surface area contributed by atoms with Crippen LogP contribution in [0.3, 0.4) is 0 Å². The van der Waals surface area contributed by atoms with E-state index in [9.17, 15) is 13.6 Å². The van der Waals surface area contributed by atoms with Gasteiger partial charge in [-0.2, -0.15) is 0 Å². The van der Waals surface area contributed by atoms with Gasteiger partial charge >= 0.3 is 0 Å². The van der Waals surface area contributed by atoms with Crippen molar-refractivity contribution in [3.05, 3.63) is 82.9 Å². The average Bonchev–Trinajstić information content (AvgIpc) is 3.52. The van der Waals surface area contributed by atoms with Crippen molar-refractivity contribution in [3.63, 3.8) is 0 Å². The minimum absolute atomic E-state index is 0.191. The molecule has 1 fully saturated rings. The molecule has 9 heteroatoms. The van der Waals surface area contributed by atoms with E-state index >= 15 is 0 Å². The van der Waals surface area contributed by atoms with Crippen LogP contribution in [0.5, 0.6) is 0 Å². The van der Waals surface area contributed by atoms with Crippen molar-refractivity contribution >= 4 is 40.1 Å². The number of imidazole rings is 1. The van der Waals surface area contributed by atoms with Crippen molar-refractivity contribution in [3.8, 4) is 11.1 Å². The molecule has 2 aliphatic heterocycles. The molecule has 0 N–H and O–H groups in total. The highest BCUT2D eigenvalue weighted by molar-refractivity contribution is 8.02. The summed E-state index contributed by atoms with van der Waals surface area (Å²) in [6, 6.07) is 8.73. The Bertz CT molecular complexity index is 1550. The van der Waals surface area contributed by atoms with Crippen LogP contribution in [-0.4, -0.2) is 26.4 Å². The second-order valence-corrected chi connectivity index (χ2v) is 9.86. The number of benzene rings is 2. The minimum atomic E-state index is -0.726. The Morgan fingerprint density at radius 2 is 1.92 bits per heavy atom. The predicted molar refractivity (Wildman–Crippen MR) is 136 cm³/mol. The van der Waals surface area contributed by atoms with Crippen LogP contribution in [0.15, 0.2) is 58.5 Å². The molecule has 36 heavy (non-hydrogen) atoms. The molecule has 182 valence electrons. The number of carbonyl (C=O) groups excluding carboxylic acids is 1. The lowest BCUT2D eigenvalue weighted by Gasteiger charge is -2.26. The Kier molecular flexibility index (Phi) is 5.52. The fourth-order valence-corrected chi connectivity index (χ4v) is 5.73. The molecule has 1 saturated heterocycles. The molecule has 2 aromatic heterocycles. The smallest absolute Gasteiger partial charge is 0.227 e. The second-order valence-electron chi connectivity index (χ2n) is 8.92. The number of fused-ring (bicyclic) bond motifs is 1. The number of carbonyl (C=O) groups is 1. The van der Waals surface area contributed by atoms with E-state index in [4.69, 9.17) is 9.51 Å². The summed E-state index contributed by atoms with van der Waals surface area (Å²) in [5, 5.41) is 6.10. The molecule has 1 atom stereocenters. The third kappa shape index (κ3) is 3.74. The first-order valence-corrected chi connectivity index (χ1v) is 12.7. The van der Waals surface area contributed by atoms with E-state index in [-0.39, 0.29) is 18.0 Å². The van der Waals surface area contributed by atoms with E-state index in [2.05, 4.69) is 15.8 Å². The largest absolute Gasteiger partial charge is 0.361 e. The van der Waals surface area contributed by atoms with E-state index in [1.54, 1.807) is 11.8 Å². The fourth-order valence-electron chi connectivity index (χ4n) is 5.12. The summed E-state index contributed by atoms with van der Waals surface area (Å²) in [6.45, 7) is 3.77. The fraction of sp³-hybridized carbons (Fsp3) is 0.222. The maximum atomic E-state index is 14.1. The second kappa shape index (κ2) is 8.74. The van der Waals surface area contributed by atoms with Gasteiger partial charge in [0.2, 0.25) is 5.91 Å². The van der Waals surface area contributed by atoms with Crippen LogP contribution in [0.1, 0.15) is 36.2 Å². The van der Waals surface area contributed by atoms with Gasteiger partial charge in [0.05, 0.1) is 28.5 Å². The van der Waals surface area contributed by atoms with Gasteiger partial charge in [0.1, 0.15) is 23.2 Å². The van der Waals surface area contributed by atoms with Gasteiger partial charge in [0, 0.05) is 29.5 Å². The summed E-state index contributed by atoms with van der Waals surface area (Å²) in [5.74, 6) is 0.543. The zero-order valence-electron chi connectivity index (χ0n) is 19.7. The van der Waals surface area contributed by atoms with Crippen molar-refractivity contribution < 1.29 is 18.1 Å². The molecule has 2 aromatic carbocycles. The number of allylic oxidation sites excluding steroid dienone is 2. The van der Waals surface area contributed by atoms with Gasteiger partial charge in [-0.3, -0.25) is 9.36 Å². The van der Waals surface area contributed by atoms with Crippen LogP contribution in [0, 0.1) is 25.5 Å². The third-order valence-electron chi connectivity index (χ3n) is 6.62. The normalized spacial score (nSPS) is 17.9. The average molecular weight is 505 g/mol. The quantitative estimate of drug-likeness (QED) is 0.315. The molecule has 0 spiro atoms. The summed E-state index contributed by atoms with van der Waals surface area (Å²) in [5.41, 5.74) is 5.43. The molecule has 1 amide bonds. The van der Waals surface area contributed by atoms with Gasteiger partial charge in [0.15, 0.2) is 0 Å². The Morgan fingerprint density at radius 1 is 1.11 bits per heavy atom. The Labute approximate surface area is 210 Å². The molecular formula is C27H22F2N4O2S. The van der Waals surface area contributed by atoms with Gasteiger partial charge in [-0.05, 0) is 67.7 Å². The van der Waals surface area contributed by atoms with Gasteiger partial charge in [-0.15, -0.1) is 11.8 Å². The van der Waals surface area contributed by atoms with Crippen LogP contribution in [-0.2, 0) is 4.79 Å². The molecule has 4 heterocycles. The van der Waals surface area contributed by atoms with Crippen molar-refractivity contribution in [1.29, 1.82) is 0 Å². The van der Waals surface area contributed by atoms with Crippen LogP contribution in [0.25, 0.3) is 27.9 Å². The zero-order chi connectivity index (χ0) is 25.0. The van der Waals surface area contributed by atoms with Gasteiger partial charge in [-0.1, -0.05) is 11.2 Å². The number of amides is 1. The number of rotatable bonds is 4. The number of nitrogens with zero attached hydrogens (tertiary/aromatic N) is 4. The van der Waals surface area contributed by atoms with Crippen LogP contribution < -0.4 is 4.90 Å². The number of aryl methyl sites for hydroxylation is 2. The standard InChI is InChI=1S/C27H22F2N4O2S/c1-15-26(16(2)35-31-15)17-3-4-23-22(11-17)30-27(33(23)20-7-9-36-10-8-20)24-5-6-25(34)32(24)21-13-18(28)12-19(29)14-21/h3-4,7-9,11-14,24H,5-6,10H2,1-2H3/t24-/m0/s1. The first-order chi connectivity index (χ1) is 17.4. The van der Waals surface area contributed by atoms with Gasteiger partial charge in [0.25, 0.3) is 0 Å². The summed E-state index contributed by atoms with van der Waals surface area (Å²) < 4.78 is 35.6. The van der Waals surface area contributed by atoms with E-state index in [1.807, 2.05) is 43.5 Å². The third-order valence-corrected chi connectivity index (χ3v) is 7.31. The van der Waals surface area contributed by atoms with Crippen LogP contribution >= 0.6 is 11.8 Å². The molecule has 4 aromatic rings. The minimum Gasteiger partial charge on any atom is -0.361 e. The summed E-state index contributed by atoms with van der Waals surface area (Å²) in [7, 11) is 0. The SMILES string of the molecule is Cc1noc(C)c1-c1ccc2c(c1)nc([C@@H]1CCC(=O)N1c1cc(F)cc(F)c1)n2C1=CCSC=C1. The summed E-state index contributed by atoms with van der Waals surface area (Å²) >= 11 is 1.69. The van der Waals surface area contributed by atoms with Crippen LogP contribution in [0.2, 0.25) is 0 Å². The molecular weight excluding hydrogens is 482 g/mol. The molecule has 6 nitrogen and oxygen atoms in total. The Balaban J connectivity index is 1.55. The summed E-state index contributed by atoms with van der Waals surface area (Å²) in [6.07, 6.45) is 4.88. The topological polar surface area (TPSA) is 64.2 Å². The van der Waals surface area contributed by atoms with Gasteiger partial charge in [-0.25, -0.2) is 13.8 Å². The van der Waals surface area contributed by atoms with E-state index < -0.39 is 17.7 Å². The highest BCUT2D eigenvalue weighted by Gasteiger charge is 2.37. The molecule has 0 bridgehead atoms. The number of anilines is 1. The predicted octanol–water partition coefficient (Wildman–Crippen LogP) is 6.56. The number of thioether (sulfide) groups is 1. The van der Waals surface area contributed by atoms with Gasteiger partial charge < -0.3 is 9.42 Å². The summed E-state index contributed by atoms with van der Waals surface area (Å²) in [4.78, 5) is 19.4. The van der Waals surface area contributed by atoms with Crippen molar-refractivity contribution in [1.82, 2.24) is 14.7 Å². The molecule has 2 aliphatic rings. The van der Waals surface area contributed by atoms with E-state index in [1.165, 1.54) is 17.0 Å². The number of halogens is 2. The lowest BCUT2D eigenvalue weighted by atomic mass is 10.0. The maximum Gasteiger partial charge on any atom is 0.227 e. The zero-order valence-corrected chi connectivity index (χ0v) is 20.5. The first-order valence-electron chi connectivity index (χ1n) is 11.6. The highest BCUT2D eigenvalue weighted by atomic mass is 32.2. The molecule has 6 rings (SSSR count). The van der Waals surface area contributed by atoms with Crippen molar-refractivity contribution in [2.45, 2.75) is 32.7 Å². The van der Waals surface area contributed by atoms with E-state index in [0.29, 0.717) is 12.2 Å². The van der Waals surface area contributed by atoms with Crippen LogP contribution in [0.4, 0.5) is 14.5 Å². The Morgan fingerprint density at radius 3 is 2.61 bits per heavy atom. The van der Waals surface area contributed by atoms with Crippen molar-refractivity contribution in [2.24, 2.45) is 0 Å². The molecule has 0 radical (unpaired) electrons. The lowest BCUT2D eigenvalue weighted by Crippen LogP contribution is -2.29. The van der Waals surface area contributed by atoms with Crippen molar-refractivity contribution in [2.75, 3.05) is 10.7 Å². The molecule has 0 unspecified atom stereocenters. The first kappa shape index (κ1) is 22.7.